The topological polar surface area (TPSA) is 83.6 Å². The SMILES string of the molecule is Cc1[nH]c2ccc(C(=O)Nc3nnns3)cc2c1C. The maximum absolute atomic E-state index is 12.1. The van der Waals surface area contributed by atoms with Crippen LogP contribution < -0.4 is 5.32 Å². The van der Waals surface area contributed by atoms with Crippen LogP contribution in [-0.4, -0.2) is 25.7 Å². The molecular weight excluding hydrogens is 262 g/mol. The number of fused-ring (bicyclic) bond motifs is 1. The van der Waals surface area contributed by atoms with Crippen LogP contribution in [0.1, 0.15) is 21.6 Å². The molecule has 2 N–H and O–H groups in total. The first-order valence-electron chi connectivity index (χ1n) is 5.70. The molecule has 0 spiro atoms. The Morgan fingerprint density at radius 1 is 1.37 bits per heavy atom. The molecule has 0 atom stereocenters. The van der Waals surface area contributed by atoms with Crippen molar-refractivity contribution in [1.29, 1.82) is 0 Å². The van der Waals surface area contributed by atoms with Gasteiger partial charge in [-0.1, -0.05) is 9.59 Å². The molecular formula is C12H11N5OS. The molecule has 6 nitrogen and oxygen atoms in total. The predicted molar refractivity (Wildman–Crippen MR) is 73.4 cm³/mol. The lowest BCUT2D eigenvalue weighted by Crippen LogP contribution is -2.11. The summed E-state index contributed by atoms with van der Waals surface area (Å²) < 4.78 is 3.60. The van der Waals surface area contributed by atoms with Crippen LogP contribution in [0.15, 0.2) is 18.2 Å². The molecule has 0 saturated carbocycles. The fraction of sp³-hybridized carbons (Fsp3) is 0.167. The van der Waals surface area contributed by atoms with Crippen molar-refractivity contribution >= 4 is 33.5 Å². The van der Waals surface area contributed by atoms with E-state index in [1.54, 1.807) is 6.07 Å². The number of benzene rings is 1. The Morgan fingerprint density at radius 2 is 2.21 bits per heavy atom. The Hall–Kier alpha value is -2.28. The molecule has 19 heavy (non-hydrogen) atoms. The molecule has 0 radical (unpaired) electrons. The lowest BCUT2D eigenvalue weighted by atomic mass is 10.1. The molecule has 0 fully saturated rings. The highest BCUT2D eigenvalue weighted by Crippen LogP contribution is 2.22. The molecule has 0 saturated heterocycles. The van der Waals surface area contributed by atoms with Gasteiger partial charge >= 0.3 is 0 Å². The summed E-state index contributed by atoms with van der Waals surface area (Å²) in [5.74, 6) is -0.210. The Balaban J connectivity index is 1.96. The van der Waals surface area contributed by atoms with Crippen molar-refractivity contribution in [3.63, 3.8) is 0 Å². The van der Waals surface area contributed by atoms with Gasteiger partial charge in [-0.2, -0.15) is 0 Å². The number of aryl methyl sites for hydroxylation is 2. The van der Waals surface area contributed by atoms with Crippen LogP contribution in [0.2, 0.25) is 0 Å². The van der Waals surface area contributed by atoms with E-state index >= 15 is 0 Å². The van der Waals surface area contributed by atoms with Crippen LogP contribution in [0.25, 0.3) is 10.9 Å². The molecule has 2 heterocycles. The quantitative estimate of drug-likeness (QED) is 0.750. The number of hydrogen-bond donors (Lipinski definition) is 2. The number of carbonyl (C=O) groups excluding carboxylic acids is 1. The lowest BCUT2D eigenvalue weighted by Gasteiger charge is -2.01. The molecule has 1 aromatic carbocycles. The van der Waals surface area contributed by atoms with Crippen molar-refractivity contribution in [3.05, 3.63) is 35.0 Å². The van der Waals surface area contributed by atoms with E-state index in [-0.39, 0.29) is 5.91 Å². The zero-order chi connectivity index (χ0) is 13.4. The molecule has 96 valence electrons. The second kappa shape index (κ2) is 4.43. The maximum Gasteiger partial charge on any atom is 0.257 e. The number of nitrogens with one attached hydrogen (secondary N) is 2. The number of aromatic amines is 1. The van der Waals surface area contributed by atoms with Crippen molar-refractivity contribution in [2.75, 3.05) is 5.32 Å². The van der Waals surface area contributed by atoms with Gasteiger partial charge in [0.1, 0.15) is 0 Å². The summed E-state index contributed by atoms with van der Waals surface area (Å²) in [4.78, 5) is 15.3. The molecule has 0 aliphatic rings. The van der Waals surface area contributed by atoms with E-state index in [2.05, 4.69) is 25.1 Å². The highest BCUT2D eigenvalue weighted by atomic mass is 32.1. The van der Waals surface area contributed by atoms with Crippen molar-refractivity contribution in [2.24, 2.45) is 0 Å². The van der Waals surface area contributed by atoms with Crippen LogP contribution >= 0.6 is 11.5 Å². The zero-order valence-electron chi connectivity index (χ0n) is 10.4. The van der Waals surface area contributed by atoms with Gasteiger partial charge in [-0.15, -0.1) is 0 Å². The number of aromatic nitrogens is 4. The van der Waals surface area contributed by atoms with E-state index in [1.807, 2.05) is 26.0 Å². The summed E-state index contributed by atoms with van der Waals surface area (Å²) in [6, 6.07) is 5.56. The Kier molecular flexibility index (Phi) is 2.75. The maximum atomic E-state index is 12.1. The summed E-state index contributed by atoms with van der Waals surface area (Å²) >= 11 is 1.05. The fourth-order valence-electron chi connectivity index (χ4n) is 1.95. The van der Waals surface area contributed by atoms with Gasteiger partial charge in [0.15, 0.2) is 0 Å². The summed E-state index contributed by atoms with van der Waals surface area (Å²) in [6.07, 6.45) is 0. The van der Waals surface area contributed by atoms with Gasteiger partial charge in [0.2, 0.25) is 5.13 Å². The van der Waals surface area contributed by atoms with Crippen molar-refractivity contribution in [1.82, 2.24) is 19.8 Å². The fourth-order valence-corrected chi connectivity index (χ4v) is 2.32. The first-order chi connectivity index (χ1) is 9.15. The van der Waals surface area contributed by atoms with Gasteiger partial charge in [0.05, 0.1) is 0 Å². The molecule has 3 aromatic rings. The number of carbonyl (C=O) groups is 1. The monoisotopic (exact) mass is 273 g/mol. The minimum Gasteiger partial charge on any atom is -0.358 e. The minimum absolute atomic E-state index is 0.210. The summed E-state index contributed by atoms with van der Waals surface area (Å²) in [5.41, 5.74) is 3.89. The third-order valence-corrected chi connectivity index (χ3v) is 3.60. The summed E-state index contributed by atoms with van der Waals surface area (Å²) in [7, 11) is 0. The van der Waals surface area contributed by atoms with Gasteiger partial charge < -0.3 is 4.98 Å². The smallest absolute Gasteiger partial charge is 0.257 e. The van der Waals surface area contributed by atoms with Crippen LogP contribution in [0.3, 0.4) is 0 Å². The van der Waals surface area contributed by atoms with E-state index in [1.165, 1.54) is 0 Å². The largest absolute Gasteiger partial charge is 0.358 e. The number of nitrogens with zero attached hydrogens (tertiary/aromatic N) is 3. The summed E-state index contributed by atoms with van der Waals surface area (Å²) in [5, 5.41) is 11.2. The lowest BCUT2D eigenvalue weighted by molar-refractivity contribution is 0.102. The van der Waals surface area contributed by atoms with Crippen LogP contribution in [0.5, 0.6) is 0 Å². The van der Waals surface area contributed by atoms with E-state index in [0.717, 1.165) is 33.7 Å². The zero-order valence-corrected chi connectivity index (χ0v) is 11.2. The molecule has 0 unspecified atom stereocenters. The summed E-state index contributed by atoms with van der Waals surface area (Å²) in [6.45, 7) is 4.05. The Labute approximate surface area is 113 Å². The molecule has 3 rings (SSSR count). The molecule has 0 aliphatic heterocycles. The molecule has 0 aliphatic carbocycles. The molecule has 2 aromatic heterocycles. The third-order valence-electron chi connectivity index (χ3n) is 3.09. The van der Waals surface area contributed by atoms with Crippen LogP contribution in [0, 0.1) is 13.8 Å². The van der Waals surface area contributed by atoms with Gasteiger partial charge in [0, 0.05) is 33.7 Å². The highest BCUT2D eigenvalue weighted by molar-refractivity contribution is 7.09. The number of rotatable bonds is 2. The Bertz CT molecular complexity index is 747. The van der Waals surface area contributed by atoms with Crippen molar-refractivity contribution in [2.45, 2.75) is 13.8 Å². The van der Waals surface area contributed by atoms with Gasteiger partial charge in [-0.25, -0.2) is 0 Å². The first-order valence-corrected chi connectivity index (χ1v) is 6.48. The van der Waals surface area contributed by atoms with E-state index in [4.69, 9.17) is 0 Å². The molecule has 7 heteroatoms. The van der Waals surface area contributed by atoms with E-state index in [0.29, 0.717) is 10.7 Å². The Morgan fingerprint density at radius 3 is 2.95 bits per heavy atom. The van der Waals surface area contributed by atoms with Crippen molar-refractivity contribution < 1.29 is 4.79 Å². The first kappa shape index (κ1) is 11.8. The van der Waals surface area contributed by atoms with E-state index in [9.17, 15) is 4.79 Å². The number of amides is 1. The predicted octanol–water partition coefficient (Wildman–Crippen LogP) is 2.28. The van der Waals surface area contributed by atoms with Gasteiger partial charge in [-0.3, -0.25) is 10.1 Å². The highest BCUT2D eigenvalue weighted by Gasteiger charge is 2.11. The standard InChI is InChI=1S/C12H11N5OS/c1-6-7(2)13-10-4-3-8(5-9(6)10)11(18)14-12-15-16-17-19-12/h3-5,13H,1-2H3,(H,14,15,17,18). The third kappa shape index (κ3) is 2.08. The van der Waals surface area contributed by atoms with Crippen LogP contribution in [-0.2, 0) is 0 Å². The number of hydrogen-bond acceptors (Lipinski definition) is 5. The van der Waals surface area contributed by atoms with Crippen LogP contribution in [0.4, 0.5) is 5.13 Å². The van der Waals surface area contributed by atoms with Crippen molar-refractivity contribution in [3.8, 4) is 0 Å². The average molecular weight is 273 g/mol. The van der Waals surface area contributed by atoms with E-state index < -0.39 is 0 Å². The second-order valence-electron chi connectivity index (χ2n) is 4.26. The number of anilines is 1. The molecule has 1 amide bonds. The van der Waals surface area contributed by atoms with Gasteiger partial charge in [-0.05, 0) is 42.8 Å². The minimum atomic E-state index is -0.210. The van der Waals surface area contributed by atoms with Gasteiger partial charge in [0.25, 0.3) is 5.91 Å². The molecule has 0 bridgehead atoms. The normalized spacial score (nSPS) is 10.8. The average Bonchev–Trinajstić information content (AvgIpc) is 2.99. The number of H-pyrrole nitrogens is 1. The second-order valence-corrected chi connectivity index (χ2v) is 4.99.